The van der Waals surface area contributed by atoms with Crippen molar-refractivity contribution in [2.75, 3.05) is 18.6 Å². The molecule has 1 aromatic carbocycles. The van der Waals surface area contributed by atoms with Gasteiger partial charge in [0.2, 0.25) is 5.88 Å². The van der Waals surface area contributed by atoms with Crippen molar-refractivity contribution in [3.8, 4) is 11.6 Å². The first kappa shape index (κ1) is 24.3. The van der Waals surface area contributed by atoms with Crippen LogP contribution in [0, 0.1) is 0 Å². The number of anilines is 2. The maximum atomic E-state index is 13.3. The van der Waals surface area contributed by atoms with E-state index in [0.29, 0.717) is 10.8 Å². The number of nitrogens with zero attached hydrogens (tertiary/aromatic N) is 3. The zero-order valence-corrected chi connectivity index (χ0v) is 18.3. The molecule has 3 aromatic rings. The van der Waals surface area contributed by atoms with E-state index in [9.17, 15) is 23.1 Å². The monoisotopic (exact) mass is 481 g/mol. The molecule has 174 valence electrons. The van der Waals surface area contributed by atoms with Crippen LogP contribution in [0.4, 0.5) is 24.7 Å². The molecule has 2 aromatic heterocycles. The fourth-order valence-electron chi connectivity index (χ4n) is 3.17. The Morgan fingerprint density at radius 3 is 2.58 bits per heavy atom. The van der Waals surface area contributed by atoms with Crippen LogP contribution in [-0.4, -0.2) is 40.8 Å². The number of benzene rings is 1. The van der Waals surface area contributed by atoms with Crippen molar-refractivity contribution in [2.24, 2.45) is 0 Å². The summed E-state index contributed by atoms with van der Waals surface area (Å²) in [6.07, 6.45) is -2.12. The van der Waals surface area contributed by atoms with Gasteiger partial charge in [-0.05, 0) is 49.4 Å². The van der Waals surface area contributed by atoms with Crippen molar-refractivity contribution in [1.29, 1.82) is 0 Å². The molecule has 0 fully saturated rings. The van der Waals surface area contributed by atoms with Crippen molar-refractivity contribution in [1.82, 2.24) is 9.97 Å². The van der Waals surface area contributed by atoms with Crippen LogP contribution in [0.25, 0.3) is 0 Å². The Bertz CT molecular complexity index is 1130. The molecule has 11 heteroatoms. The third-order valence-corrected chi connectivity index (χ3v) is 4.78. The van der Waals surface area contributed by atoms with Crippen LogP contribution in [0.15, 0.2) is 54.9 Å². The first-order valence-corrected chi connectivity index (χ1v) is 9.96. The average molecular weight is 482 g/mol. The van der Waals surface area contributed by atoms with E-state index in [1.807, 2.05) is 0 Å². The zero-order valence-electron chi connectivity index (χ0n) is 17.5. The number of aromatic nitrogens is 2. The first-order valence-electron chi connectivity index (χ1n) is 9.59. The number of aromatic carboxylic acids is 1. The minimum atomic E-state index is -4.69. The van der Waals surface area contributed by atoms with Gasteiger partial charge in [0, 0.05) is 19.5 Å². The molecule has 7 nitrogen and oxygen atoms in total. The summed E-state index contributed by atoms with van der Waals surface area (Å²) in [5, 5.41) is 10.2. The van der Waals surface area contributed by atoms with Crippen LogP contribution in [0.3, 0.4) is 0 Å². The molecular formula is C22H19ClF3N3O4. The molecule has 0 aliphatic heterocycles. The molecule has 2 heterocycles. The van der Waals surface area contributed by atoms with Gasteiger partial charge in [-0.1, -0.05) is 11.6 Å². The molecule has 0 amide bonds. The number of carboxylic acid groups (broad SMARTS) is 1. The number of hydrogen-bond donors (Lipinski definition) is 1. The van der Waals surface area contributed by atoms with Gasteiger partial charge in [0.15, 0.2) is 0 Å². The Hall–Kier alpha value is -3.37. The van der Waals surface area contributed by atoms with Crippen molar-refractivity contribution >= 4 is 29.1 Å². The summed E-state index contributed by atoms with van der Waals surface area (Å²) < 4.78 is 50.3. The summed E-state index contributed by atoms with van der Waals surface area (Å²) in [7, 11) is 1.50. The fourth-order valence-corrected chi connectivity index (χ4v) is 3.28. The van der Waals surface area contributed by atoms with Gasteiger partial charge in [0.05, 0.1) is 28.9 Å². The minimum absolute atomic E-state index is 0.122. The van der Waals surface area contributed by atoms with Crippen LogP contribution in [0.5, 0.6) is 11.6 Å². The normalized spacial score (nSPS) is 12.3. The largest absolute Gasteiger partial charge is 0.478 e. The molecule has 33 heavy (non-hydrogen) atoms. The highest BCUT2D eigenvalue weighted by Crippen LogP contribution is 2.38. The van der Waals surface area contributed by atoms with Gasteiger partial charge in [0.1, 0.15) is 17.1 Å². The minimum Gasteiger partial charge on any atom is -0.478 e. The van der Waals surface area contributed by atoms with Crippen LogP contribution < -0.4 is 9.64 Å². The van der Waals surface area contributed by atoms with E-state index in [4.69, 9.17) is 21.1 Å². The quantitative estimate of drug-likeness (QED) is 0.434. The maximum absolute atomic E-state index is 13.3. The second kappa shape index (κ2) is 10.1. The molecular weight excluding hydrogens is 463 g/mol. The van der Waals surface area contributed by atoms with Gasteiger partial charge in [-0.2, -0.15) is 13.2 Å². The highest BCUT2D eigenvalue weighted by atomic mass is 35.5. The molecule has 0 bridgehead atoms. The van der Waals surface area contributed by atoms with E-state index in [1.165, 1.54) is 25.4 Å². The lowest BCUT2D eigenvalue weighted by molar-refractivity contribution is -0.138. The van der Waals surface area contributed by atoms with Crippen molar-refractivity contribution in [2.45, 2.75) is 19.1 Å². The molecule has 0 aliphatic rings. The third-order valence-electron chi connectivity index (χ3n) is 4.56. The van der Waals surface area contributed by atoms with Crippen LogP contribution >= 0.6 is 11.6 Å². The Labute approximate surface area is 192 Å². The molecule has 1 atom stereocenters. The molecule has 3 rings (SSSR count). The van der Waals surface area contributed by atoms with Gasteiger partial charge in [-0.25, -0.2) is 14.8 Å². The van der Waals surface area contributed by atoms with E-state index in [1.54, 1.807) is 24.0 Å². The number of rotatable bonds is 8. The van der Waals surface area contributed by atoms with Gasteiger partial charge in [-0.3, -0.25) is 0 Å². The molecule has 0 aliphatic carbocycles. The van der Waals surface area contributed by atoms with Gasteiger partial charge in [-0.15, -0.1) is 0 Å². The highest BCUT2D eigenvalue weighted by molar-refractivity contribution is 6.30. The topological polar surface area (TPSA) is 84.8 Å². The number of methoxy groups -OCH3 is 1. The Morgan fingerprint density at radius 2 is 1.97 bits per heavy atom. The van der Waals surface area contributed by atoms with E-state index >= 15 is 0 Å². The van der Waals surface area contributed by atoms with Gasteiger partial charge in [0.25, 0.3) is 0 Å². The molecule has 0 unspecified atom stereocenters. The smallest absolute Gasteiger partial charge is 0.421 e. The van der Waals surface area contributed by atoms with Crippen LogP contribution in [-0.2, 0) is 10.9 Å². The maximum Gasteiger partial charge on any atom is 0.421 e. The number of hydrogen-bond acceptors (Lipinski definition) is 6. The number of carboxylic acids is 1. The Morgan fingerprint density at radius 1 is 1.21 bits per heavy atom. The highest BCUT2D eigenvalue weighted by Gasteiger charge is 2.35. The molecule has 1 N–H and O–H groups in total. The summed E-state index contributed by atoms with van der Waals surface area (Å²) in [6, 6.07) is 8.76. The molecule has 0 saturated heterocycles. The first-order chi connectivity index (χ1) is 15.6. The average Bonchev–Trinajstić information content (AvgIpc) is 2.76. The zero-order chi connectivity index (χ0) is 24.2. The summed E-state index contributed by atoms with van der Waals surface area (Å²) >= 11 is 5.93. The van der Waals surface area contributed by atoms with E-state index < -0.39 is 23.6 Å². The molecule has 0 spiro atoms. The Kier molecular flexibility index (Phi) is 7.39. The summed E-state index contributed by atoms with van der Waals surface area (Å²) in [5.74, 6) is -1.71. The second-order valence-electron chi connectivity index (χ2n) is 6.95. The summed E-state index contributed by atoms with van der Waals surface area (Å²) in [6.45, 7) is 2.05. The fraction of sp³-hybridized carbons (Fsp3) is 0.227. The molecule has 0 radical (unpaired) electrons. The van der Waals surface area contributed by atoms with Gasteiger partial charge < -0.3 is 19.5 Å². The predicted molar refractivity (Wildman–Crippen MR) is 115 cm³/mol. The van der Waals surface area contributed by atoms with Crippen molar-refractivity contribution in [3.05, 3.63) is 71.0 Å². The van der Waals surface area contributed by atoms with Crippen molar-refractivity contribution in [3.63, 3.8) is 0 Å². The SMILES string of the molecule is COC[C@@H](C)N(c1ccc(Cl)cn1)c1ccc(Oc2ncccc2C(F)(F)F)cc1C(=O)O. The summed E-state index contributed by atoms with van der Waals surface area (Å²) in [5.41, 5.74) is -1.05. The lowest BCUT2D eigenvalue weighted by Gasteiger charge is -2.31. The van der Waals surface area contributed by atoms with E-state index in [2.05, 4.69) is 9.97 Å². The third kappa shape index (κ3) is 5.71. The van der Waals surface area contributed by atoms with Crippen molar-refractivity contribution < 1.29 is 32.5 Å². The van der Waals surface area contributed by atoms with Crippen LogP contribution in [0.2, 0.25) is 5.02 Å². The Balaban J connectivity index is 2.06. The lowest BCUT2D eigenvalue weighted by atomic mass is 10.1. The second-order valence-corrected chi connectivity index (χ2v) is 7.39. The van der Waals surface area contributed by atoms with E-state index in [0.717, 1.165) is 24.4 Å². The number of pyridine rings is 2. The summed E-state index contributed by atoms with van der Waals surface area (Å²) in [4.78, 5) is 21.6. The molecule has 0 saturated carbocycles. The lowest BCUT2D eigenvalue weighted by Crippen LogP contribution is -2.34. The van der Waals surface area contributed by atoms with E-state index in [-0.39, 0.29) is 29.6 Å². The number of carbonyl (C=O) groups is 1. The standard InChI is InChI=1S/C22H19ClF3N3O4/c1-13(12-32-2)29(19-8-5-14(23)11-28-19)18-7-6-15(10-16(18)21(30)31)33-20-17(22(24,25)26)4-3-9-27-20/h3-11,13H,12H2,1-2H3,(H,30,31)/t13-/m1/s1. The number of ether oxygens (including phenoxy) is 2. The number of alkyl halides is 3. The van der Waals surface area contributed by atoms with Gasteiger partial charge >= 0.3 is 12.1 Å². The number of halogens is 4. The van der Waals surface area contributed by atoms with Crippen LogP contribution in [0.1, 0.15) is 22.8 Å². The predicted octanol–water partition coefficient (Wildman–Crippen LogP) is 5.81.